The van der Waals surface area contributed by atoms with Gasteiger partial charge in [0, 0.05) is 24.6 Å². The normalized spacial score (nSPS) is 13.9. The van der Waals surface area contributed by atoms with Crippen molar-refractivity contribution in [3.05, 3.63) is 0 Å². The first-order chi connectivity index (χ1) is 16.4. The molecule has 4 unspecified atom stereocenters. The molecule has 0 radical (unpaired) electrons. The number of carboxylic acids is 1. The number of nitrogens with two attached hydrogens (primary N) is 5. The van der Waals surface area contributed by atoms with Gasteiger partial charge in [0.15, 0.2) is 11.9 Å². The summed E-state index contributed by atoms with van der Waals surface area (Å²) in [5.74, 6) is -3.63. The van der Waals surface area contributed by atoms with Crippen LogP contribution in [0.5, 0.6) is 0 Å². The van der Waals surface area contributed by atoms with Gasteiger partial charge in [-0.3, -0.25) is 24.4 Å². The highest BCUT2D eigenvalue weighted by Crippen LogP contribution is 2.04. The Bertz CT molecular complexity index is 775. The van der Waals surface area contributed by atoms with Crippen molar-refractivity contribution in [2.45, 2.75) is 49.9 Å². The van der Waals surface area contributed by atoms with Crippen molar-refractivity contribution < 1.29 is 24.3 Å². The second-order valence-corrected chi connectivity index (χ2v) is 8.12. The predicted molar refractivity (Wildman–Crippen MR) is 139 cm³/mol. The lowest BCUT2D eigenvalue weighted by atomic mass is 10.1. The zero-order valence-electron chi connectivity index (χ0n) is 19.2. The fourth-order valence-corrected chi connectivity index (χ4v) is 3.06. The number of carbonyl (C=O) groups is 4. The fraction of sp³-hybridized carbons (Fsp3) is 0.667. The first-order valence-electron chi connectivity index (χ1n) is 10.6. The Kier molecular flexibility index (Phi) is 16.0. The van der Waals surface area contributed by atoms with E-state index in [0.29, 0.717) is 6.42 Å². The Balaban J connectivity index is 5.38. The van der Waals surface area contributed by atoms with Crippen LogP contribution in [-0.4, -0.2) is 89.5 Å². The first kappa shape index (κ1) is 32.1. The van der Waals surface area contributed by atoms with E-state index in [1.54, 1.807) is 0 Å². The minimum atomic E-state index is -1.27. The van der Waals surface area contributed by atoms with Gasteiger partial charge >= 0.3 is 5.97 Å². The summed E-state index contributed by atoms with van der Waals surface area (Å²) < 4.78 is 0. The van der Waals surface area contributed by atoms with Crippen LogP contribution in [0.2, 0.25) is 0 Å². The Morgan fingerprint density at radius 2 is 1.14 bits per heavy atom. The molecule has 0 saturated carbocycles. The smallest absolute Gasteiger partial charge is 0.326 e. The molecular formula is C18H36N10O5S2. The molecule has 0 aliphatic rings. The lowest BCUT2D eigenvalue weighted by molar-refractivity contribution is -0.142. The summed E-state index contributed by atoms with van der Waals surface area (Å²) >= 11 is 8.00. The average molecular weight is 537 g/mol. The van der Waals surface area contributed by atoms with Crippen molar-refractivity contribution in [1.82, 2.24) is 16.0 Å². The van der Waals surface area contributed by atoms with E-state index in [1.807, 2.05) is 0 Å². The van der Waals surface area contributed by atoms with Gasteiger partial charge in [0.05, 0.1) is 6.04 Å². The van der Waals surface area contributed by atoms with Crippen LogP contribution in [0.3, 0.4) is 0 Å². The first-order valence-corrected chi connectivity index (χ1v) is 11.9. The van der Waals surface area contributed by atoms with E-state index >= 15 is 0 Å². The average Bonchev–Trinajstić information content (AvgIpc) is 2.79. The molecular weight excluding hydrogens is 500 g/mol. The number of guanidine groups is 2. The largest absolute Gasteiger partial charge is 0.480 e. The van der Waals surface area contributed by atoms with Crippen LogP contribution in [0.1, 0.15) is 25.7 Å². The molecule has 0 aliphatic carbocycles. The molecule has 17 heteroatoms. The second kappa shape index (κ2) is 17.5. The van der Waals surface area contributed by atoms with Crippen LogP contribution in [0, 0.1) is 0 Å². The zero-order valence-corrected chi connectivity index (χ0v) is 21.0. The van der Waals surface area contributed by atoms with Crippen LogP contribution in [-0.2, 0) is 19.2 Å². The van der Waals surface area contributed by atoms with Gasteiger partial charge in [-0.2, -0.15) is 25.3 Å². The van der Waals surface area contributed by atoms with Gasteiger partial charge in [0.1, 0.15) is 18.1 Å². The number of hydrogen-bond acceptors (Lipinski definition) is 9. The molecule has 15 nitrogen and oxygen atoms in total. The summed E-state index contributed by atoms with van der Waals surface area (Å²) in [6.45, 7) is 0.352. The molecule has 4 atom stereocenters. The summed E-state index contributed by atoms with van der Waals surface area (Å²) in [6.07, 6.45) is 0.707. The lowest BCUT2D eigenvalue weighted by Gasteiger charge is -2.24. The molecule has 0 aromatic carbocycles. The van der Waals surface area contributed by atoms with Gasteiger partial charge in [0.25, 0.3) is 0 Å². The summed E-state index contributed by atoms with van der Waals surface area (Å²) in [7, 11) is 0. The molecule has 3 amide bonds. The minimum absolute atomic E-state index is 0.0451. The van der Waals surface area contributed by atoms with Crippen LogP contribution < -0.4 is 44.6 Å². The molecule has 200 valence electrons. The van der Waals surface area contributed by atoms with E-state index in [4.69, 9.17) is 28.7 Å². The number of thiol groups is 2. The number of nitrogens with one attached hydrogen (secondary N) is 3. The molecule has 0 heterocycles. The molecule has 14 N–H and O–H groups in total. The molecule has 0 rings (SSSR count). The molecule has 35 heavy (non-hydrogen) atoms. The number of aliphatic carboxylic acids is 1. The van der Waals surface area contributed by atoms with Gasteiger partial charge in [-0.15, -0.1) is 0 Å². The maximum Gasteiger partial charge on any atom is 0.326 e. The maximum atomic E-state index is 12.9. The number of hydrogen-bond donors (Lipinski definition) is 11. The van der Waals surface area contributed by atoms with Crippen LogP contribution in [0.15, 0.2) is 9.98 Å². The molecule has 0 bridgehead atoms. The van der Waals surface area contributed by atoms with E-state index in [0.717, 1.165) is 0 Å². The van der Waals surface area contributed by atoms with E-state index in [1.165, 1.54) is 0 Å². The van der Waals surface area contributed by atoms with Gasteiger partial charge in [0.2, 0.25) is 17.7 Å². The molecule has 0 fully saturated rings. The standard InChI is InChI=1S/C18H36N10O5S2/c19-9(7-34)13(29)28-12(8-35)15(31)26-10(3-1-5-24-17(20)21)14(30)27-11(16(32)33)4-2-6-25-18(22)23/h9-12,34-35H,1-8,19H2,(H,26,31)(H,27,30)(H,28,29)(H,32,33)(H4,20,21,24)(H4,22,23,25). The highest BCUT2D eigenvalue weighted by molar-refractivity contribution is 7.80. The minimum Gasteiger partial charge on any atom is -0.480 e. The topological polar surface area (TPSA) is 279 Å². The predicted octanol–water partition coefficient (Wildman–Crippen LogP) is -4.18. The Hall–Kier alpha value is -2.92. The SMILES string of the molecule is NC(N)=NCCCC(NC(=O)C(CCCN=C(N)N)NC(=O)C(CS)NC(=O)C(N)CS)C(=O)O. The van der Waals surface area contributed by atoms with Gasteiger partial charge < -0.3 is 49.7 Å². The third-order valence-corrected chi connectivity index (χ3v) is 5.25. The molecule has 0 spiro atoms. The van der Waals surface area contributed by atoms with Crippen molar-refractivity contribution in [3.8, 4) is 0 Å². The lowest BCUT2D eigenvalue weighted by Crippen LogP contribution is -2.57. The van der Waals surface area contributed by atoms with E-state index in [9.17, 15) is 24.3 Å². The number of amides is 3. The number of aliphatic imine (C=N–C) groups is 2. The fourth-order valence-electron chi connectivity index (χ4n) is 2.63. The molecule has 0 saturated heterocycles. The molecule has 0 aromatic heterocycles. The van der Waals surface area contributed by atoms with Crippen molar-refractivity contribution in [1.29, 1.82) is 0 Å². The monoisotopic (exact) mass is 536 g/mol. The van der Waals surface area contributed by atoms with Gasteiger partial charge in [-0.1, -0.05) is 0 Å². The number of nitrogens with zero attached hydrogens (tertiary/aromatic N) is 2. The summed E-state index contributed by atoms with van der Waals surface area (Å²) in [4.78, 5) is 56.8. The third kappa shape index (κ3) is 14.2. The summed E-state index contributed by atoms with van der Waals surface area (Å²) in [5, 5.41) is 16.8. The van der Waals surface area contributed by atoms with E-state index < -0.39 is 47.9 Å². The summed E-state index contributed by atoms with van der Waals surface area (Å²) in [6, 6.07) is -4.43. The van der Waals surface area contributed by atoms with E-state index in [-0.39, 0.29) is 55.8 Å². The van der Waals surface area contributed by atoms with E-state index in [2.05, 4.69) is 51.2 Å². The van der Waals surface area contributed by atoms with Crippen molar-refractivity contribution >= 4 is 60.9 Å². The highest BCUT2D eigenvalue weighted by Gasteiger charge is 2.29. The maximum absolute atomic E-state index is 12.9. The number of carbonyl (C=O) groups excluding carboxylic acids is 3. The molecule has 0 aromatic rings. The van der Waals surface area contributed by atoms with Crippen LogP contribution in [0.4, 0.5) is 0 Å². The van der Waals surface area contributed by atoms with Crippen molar-refractivity contribution in [2.24, 2.45) is 38.7 Å². The zero-order chi connectivity index (χ0) is 27.0. The van der Waals surface area contributed by atoms with Crippen LogP contribution in [0.25, 0.3) is 0 Å². The quantitative estimate of drug-likeness (QED) is 0.0369. The Morgan fingerprint density at radius 3 is 1.57 bits per heavy atom. The van der Waals surface area contributed by atoms with Crippen LogP contribution >= 0.6 is 25.3 Å². The van der Waals surface area contributed by atoms with Gasteiger partial charge in [-0.25, -0.2) is 4.79 Å². The highest BCUT2D eigenvalue weighted by atomic mass is 32.1. The third-order valence-electron chi connectivity index (χ3n) is 4.49. The van der Waals surface area contributed by atoms with Crippen molar-refractivity contribution in [2.75, 3.05) is 24.6 Å². The molecule has 0 aliphatic heterocycles. The van der Waals surface area contributed by atoms with Gasteiger partial charge in [-0.05, 0) is 25.7 Å². The summed E-state index contributed by atoms with van der Waals surface area (Å²) in [5.41, 5.74) is 26.7. The second-order valence-electron chi connectivity index (χ2n) is 7.39. The number of rotatable bonds is 17. The Morgan fingerprint density at radius 1 is 0.714 bits per heavy atom. The van der Waals surface area contributed by atoms with Crippen molar-refractivity contribution in [3.63, 3.8) is 0 Å². The Labute approximate surface area is 214 Å². The number of carboxylic acid groups (broad SMARTS) is 1.